The van der Waals surface area contributed by atoms with Crippen LogP contribution in [-0.4, -0.2) is 15.6 Å². The van der Waals surface area contributed by atoms with Gasteiger partial charge in [-0.15, -0.1) is 11.6 Å². The molecule has 0 aromatic heterocycles. The lowest BCUT2D eigenvalue weighted by molar-refractivity contribution is 0.115. The Hall–Kier alpha value is -0.0231. The molecule has 1 aromatic rings. The predicted molar refractivity (Wildman–Crippen MR) is 69.6 cm³/mol. The summed E-state index contributed by atoms with van der Waals surface area (Å²) in [4.78, 5) is 0. The van der Waals surface area contributed by atoms with Crippen LogP contribution in [-0.2, 0) is 10.0 Å². The Morgan fingerprint density at radius 2 is 1.87 bits per heavy atom. The second-order valence-corrected chi connectivity index (χ2v) is 6.13. The number of rotatable bonds is 5. The summed E-state index contributed by atoms with van der Waals surface area (Å²) in [6.45, 7) is 4.16. The molecule has 0 spiro atoms. The molecule has 0 aliphatic carbocycles. The molecule has 0 N–H and O–H groups in total. The van der Waals surface area contributed by atoms with Crippen molar-refractivity contribution in [2.24, 2.45) is 0 Å². The van der Waals surface area contributed by atoms with E-state index in [1.54, 1.807) is 0 Å². The van der Waals surface area contributed by atoms with Crippen molar-refractivity contribution in [2.75, 3.05) is 5.88 Å². The molecular weight excluding hydrogens is 247 g/mol. The summed E-state index contributed by atoms with van der Waals surface area (Å²) >= 11 is 11.5. The van der Waals surface area contributed by atoms with E-state index in [4.69, 9.17) is 27.6 Å². The third-order valence-electron chi connectivity index (χ3n) is 2.28. The van der Waals surface area contributed by atoms with Crippen LogP contribution in [0.25, 0.3) is 0 Å². The van der Waals surface area contributed by atoms with Gasteiger partial charge in [0.1, 0.15) is 0 Å². The van der Waals surface area contributed by atoms with Gasteiger partial charge in [0.15, 0.2) is 9.76 Å². The van der Waals surface area contributed by atoms with Crippen LogP contribution in [0.4, 0.5) is 0 Å². The van der Waals surface area contributed by atoms with E-state index in [9.17, 15) is 0 Å². The summed E-state index contributed by atoms with van der Waals surface area (Å²) in [5, 5.41) is 0.757. The van der Waals surface area contributed by atoms with Gasteiger partial charge in [0.25, 0.3) is 0 Å². The van der Waals surface area contributed by atoms with Gasteiger partial charge in [0.05, 0.1) is 5.60 Å². The molecule has 0 unspecified atom stereocenters. The summed E-state index contributed by atoms with van der Waals surface area (Å²) in [6.07, 6.45) is 0. The van der Waals surface area contributed by atoms with Crippen LogP contribution in [0.2, 0.25) is 11.1 Å². The Labute approximate surface area is 104 Å². The van der Waals surface area contributed by atoms with Crippen LogP contribution in [0.15, 0.2) is 24.3 Å². The standard InChI is InChI=1S/C11H16Cl2OSi/c1-11(2,14-15-8-7-12)9-3-5-10(13)6-4-9/h3-6H,7-8,15H2,1-2H3. The van der Waals surface area contributed by atoms with Gasteiger partial charge in [-0.3, -0.25) is 0 Å². The third kappa shape index (κ3) is 4.15. The second kappa shape index (κ2) is 5.90. The van der Waals surface area contributed by atoms with Gasteiger partial charge in [-0.2, -0.15) is 0 Å². The first-order valence-corrected chi connectivity index (χ1v) is 7.51. The predicted octanol–water partition coefficient (Wildman–Crippen LogP) is 3.33. The minimum Gasteiger partial charge on any atom is -0.415 e. The zero-order chi connectivity index (χ0) is 11.3. The monoisotopic (exact) mass is 262 g/mol. The minimum atomic E-state index is -0.511. The lowest BCUT2D eigenvalue weighted by Crippen LogP contribution is -2.23. The number of hydrogen-bond donors (Lipinski definition) is 0. The van der Waals surface area contributed by atoms with Crippen LogP contribution in [0.1, 0.15) is 19.4 Å². The lowest BCUT2D eigenvalue weighted by Gasteiger charge is -2.26. The fourth-order valence-corrected chi connectivity index (χ4v) is 2.70. The zero-order valence-electron chi connectivity index (χ0n) is 9.09. The number of alkyl halides is 1. The zero-order valence-corrected chi connectivity index (χ0v) is 12.0. The van der Waals surface area contributed by atoms with Gasteiger partial charge < -0.3 is 4.43 Å². The van der Waals surface area contributed by atoms with Crippen LogP contribution in [0.3, 0.4) is 0 Å². The van der Waals surface area contributed by atoms with Crippen molar-refractivity contribution in [3.63, 3.8) is 0 Å². The molecule has 0 heterocycles. The summed E-state index contributed by atoms with van der Waals surface area (Å²) in [6, 6.07) is 8.82. The molecule has 84 valence electrons. The van der Waals surface area contributed by atoms with E-state index in [1.165, 1.54) is 0 Å². The smallest absolute Gasteiger partial charge is 0.163 e. The van der Waals surface area contributed by atoms with E-state index in [0.29, 0.717) is 5.88 Å². The molecule has 0 atom stereocenters. The van der Waals surface area contributed by atoms with Gasteiger partial charge in [0.2, 0.25) is 0 Å². The minimum absolute atomic E-state index is 0.219. The van der Waals surface area contributed by atoms with Crippen molar-refractivity contribution < 1.29 is 4.43 Å². The molecule has 0 amide bonds. The van der Waals surface area contributed by atoms with E-state index >= 15 is 0 Å². The largest absolute Gasteiger partial charge is 0.415 e. The van der Waals surface area contributed by atoms with Crippen molar-refractivity contribution >= 4 is 33.0 Å². The molecule has 1 nitrogen and oxygen atoms in total. The first-order chi connectivity index (χ1) is 7.06. The lowest BCUT2D eigenvalue weighted by atomic mass is 9.99. The van der Waals surface area contributed by atoms with Crippen LogP contribution < -0.4 is 0 Å². The number of hydrogen-bond acceptors (Lipinski definition) is 1. The van der Waals surface area contributed by atoms with Crippen LogP contribution >= 0.6 is 23.2 Å². The summed E-state index contributed by atoms with van der Waals surface area (Å²) in [5.41, 5.74) is 0.942. The molecule has 0 aliphatic heterocycles. The molecule has 15 heavy (non-hydrogen) atoms. The molecule has 0 bridgehead atoms. The second-order valence-electron chi connectivity index (χ2n) is 3.91. The molecule has 1 aromatic carbocycles. The molecular formula is C11H16Cl2OSi. The normalized spacial score (nSPS) is 12.5. The highest BCUT2D eigenvalue weighted by Crippen LogP contribution is 2.25. The van der Waals surface area contributed by atoms with Gasteiger partial charge >= 0.3 is 0 Å². The highest BCUT2D eigenvalue weighted by atomic mass is 35.5. The van der Waals surface area contributed by atoms with Gasteiger partial charge in [0, 0.05) is 10.9 Å². The maximum atomic E-state index is 5.91. The van der Waals surface area contributed by atoms with Crippen molar-refractivity contribution in [3.8, 4) is 0 Å². The van der Waals surface area contributed by atoms with E-state index < -0.39 is 9.76 Å². The molecule has 0 fully saturated rings. The van der Waals surface area contributed by atoms with Gasteiger partial charge in [-0.1, -0.05) is 23.7 Å². The van der Waals surface area contributed by atoms with Crippen molar-refractivity contribution in [2.45, 2.75) is 25.5 Å². The Morgan fingerprint density at radius 3 is 2.40 bits per heavy atom. The average molecular weight is 263 g/mol. The SMILES string of the molecule is CC(C)(O[SiH2]CCCl)c1ccc(Cl)cc1. The fourth-order valence-electron chi connectivity index (χ4n) is 1.32. The summed E-state index contributed by atoms with van der Waals surface area (Å²) in [5.74, 6) is 0.697. The Bertz CT molecular complexity index is 298. The van der Waals surface area contributed by atoms with E-state index in [1.807, 2.05) is 24.3 Å². The molecule has 0 aliphatic rings. The molecule has 0 saturated carbocycles. The number of halogens is 2. The highest BCUT2D eigenvalue weighted by molar-refractivity contribution is 6.31. The molecule has 0 radical (unpaired) electrons. The van der Waals surface area contributed by atoms with E-state index in [0.717, 1.165) is 16.6 Å². The van der Waals surface area contributed by atoms with Gasteiger partial charge in [-0.05, 0) is 37.6 Å². The Morgan fingerprint density at radius 1 is 1.27 bits per heavy atom. The molecule has 4 heteroatoms. The quantitative estimate of drug-likeness (QED) is 0.450. The van der Waals surface area contributed by atoms with E-state index in [-0.39, 0.29) is 5.60 Å². The van der Waals surface area contributed by atoms with Gasteiger partial charge in [-0.25, -0.2) is 0 Å². The highest BCUT2D eigenvalue weighted by Gasteiger charge is 2.20. The Balaban J connectivity index is 2.63. The van der Waals surface area contributed by atoms with Crippen molar-refractivity contribution in [1.82, 2.24) is 0 Å². The summed E-state index contributed by atoms with van der Waals surface area (Å²) < 4.78 is 5.91. The first kappa shape index (κ1) is 13.0. The fraction of sp³-hybridized carbons (Fsp3) is 0.455. The van der Waals surface area contributed by atoms with Crippen LogP contribution in [0, 0.1) is 0 Å². The third-order valence-corrected chi connectivity index (χ3v) is 4.82. The average Bonchev–Trinajstić information content (AvgIpc) is 2.18. The maximum Gasteiger partial charge on any atom is 0.163 e. The maximum absolute atomic E-state index is 5.91. The topological polar surface area (TPSA) is 9.23 Å². The first-order valence-electron chi connectivity index (χ1n) is 5.02. The molecule has 1 rings (SSSR count). The molecule has 0 saturated heterocycles. The van der Waals surface area contributed by atoms with Crippen LogP contribution in [0.5, 0.6) is 0 Å². The van der Waals surface area contributed by atoms with Crippen molar-refractivity contribution in [3.05, 3.63) is 34.9 Å². The van der Waals surface area contributed by atoms with E-state index in [2.05, 4.69) is 13.8 Å². The Kier molecular flexibility index (Phi) is 5.13. The van der Waals surface area contributed by atoms with Crippen molar-refractivity contribution in [1.29, 1.82) is 0 Å². The number of benzene rings is 1. The summed E-state index contributed by atoms with van der Waals surface area (Å²) in [7, 11) is -0.511.